The van der Waals surface area contributed by atoms with Gasteiger partial charge in [0, 0.05) is 60.8 Å². The first-order chi connectivity index (χ1) is 23.8. The lowest BCUT2D eigenvalue weighted by atomic mass is 9.88. The molecule has 4 aromatic carbocycles. The average Bonchev–Trinajstić information content (AvgIpc) is 3.53. The molecule has 10 rings (SSSR count). The lowest BCUT2D eigenvalue weighted by molar-refractivity contribution is 1.17. The van der Waals surface area contributed by atoms with Crippen molar-refractivity contribution in [1.82, 2.24) is 19.9 Å². The molecule has 0 saturated heterocycles. The molecule has 0 radical (unpaired) electrons. The van der Waals surface area contributed by atoms with E-state index < -0.39 is 0 Å². The van der Waals surface area contributed by atoms with Gasteiger partial charge in [0.15, 0.2) is 0 Å². The predicted molar refractivity (Wildman–Crippen MR) is 198 cm³/mol. The molecule has 5 aromatic heterocycles. The predicted octanol–water partition coefficient (Wildman–Crippen LogP) is 11.2. The van der Waals surface area contributed by atoms with Gasteiger partial charge in [-0.2, -0.15) is 0 Å². The summed E-state index contributed by atoms with van der Waals surface area (Å²) in [4.78, 5) is 21.8. The summed E-state index contributed by atoms with van der Waals surface area (Å²) in [5, 5.41) is 4.87. The molecular formula is C42H25N5S. The molecule has 224 valence electrons. The molecule has 0 aliphatic carbocycles. The maximum atomic E-state index is 5.34. The highest BCUT2D eigenvalue weighted by molar-refractivity contribution is 7.25. The molecule has 0 bridgehead atoms. The Kier molecular flexibility index (Phi) is 5.98. The summed E-state index contributed by atoms with van der Waals surface area (Å²) in [5.74, 6) is 0.807. The molecule has 1 aliphatic heterocycles. The Hall–Kier alpha value is -6.24. The van der Waals surface area contributed by atoms with Crippen LogP contribution in [0.15, 0.2) is 152 Å². The fraction of sp³-hybridized carbons (Fsp3) is 0. The summed E-state index contributed by atoms with van der Waals surface area (Å²) in [5.41, 5.74) is 10.1. The van der Waals surface area contributed by atoms with Gasteiger partial charge in [-0.05, 0) is 83.7 Å². The van der Waals surface area contributed by atoms with E-state index in [0.717, 1.165) is 56.5 Å². The minimum absolute atomic E-state index is 0.790. The zero-order valence-electron chi connectivity index (χ0n) is 25.6. The number of hydrogen-bond donors (Lipinski definition) is 0. The Labute approximate surface area is 280 Å². The number of fused-ring (bicyclic) bond motifs is 5. The van der Waals surface area contributed by atoms with E-state index in [1.807, 2.05) is 78.5 Å². The monoisotopic (exact) mass is 631 g/mol. The molecule has 0 amide bonds. The van der Waals surface area contributed by atoms with Crippen molar-refractivity contribution in [3.05, 3.63) is 152 Å². The molecule has 0 fully saturated rings. The Morgan fingerprint density at radius 3 is 1.96 bits per heavy atom. The van der Waals surface area contributed by atoms with Crippen molar-refractivity contribution >= 4 is 59.5 Å². The number of pyridine rings is 4. The van der Waals surface area contributed by atoms with Gasteiger partial charge in [0.2, 0.25) is 0 Å². The highest BCUT2D eigenvalue weighted by Gasteiger charge is 2.30. The second kappa shape index (κ2) is 10.7. The summed E-state index contributed by atoms with van der Waals surface area (Å²) in [6, 6.07) is 46.7. The first kappa shape index (κ1) is 26.9. The molecule has 48 heavy (non-hydrogen) atoms. The lowest BCUT2D eigenvalue weighted by Gasteiger charge is -2.33. The van der Waals surface area contributed by atoms with E-state index in [1.165, 1.54) is 36.7 Å². The summed E-state index contributed by atoms with van der Waals surface area (Å²) >= 11 is 1.83. The third kappa shape index (κ3) is 4.16. The van der Waals surface area contributed by atoms with Crippen molar-refractivity contribution in [3.63, 3.8) is 0 Å². The average molecular weight is 632 g/mol. The quantitative estimate of drug-likeness (QED) is 0.193. The molecule has 0 spiro atoms. The van der Waals surface area contributed by atoms with Crippen LogP contribution < -0.4 is 4.90 Å². The van der Waals surface area contributed by atoms with Crippen molar-refractivity contribution in [2.75, 3.05) is 4.90 Å². The van der Waals surface area contributed by atoms with E-state index in [-0.39, 0.29) is 0 Å². The Morgan fingerprint density at radius 2 is 1.17 bits per heavy atom. The van der Waals surface area contributed by atoms with Crippen LogP contribution in [0.1, 0.15) is 0 Å². The van der Waals surface area contributed by atoms with Crippen LogP contribution in [0.25, 0.3) is 76.0 Å². The molecule has 0 unspecified atom stereocenters. The van der Waals surface area contributed by atoms with Gasteiger partial charge in [-0.15, -0.1) is 11.3 Å². The number of nitrogens with zero attached hydrogens (tertiary/aromatic N) is 5. The van der Waals surface area contributed by atoms with Gasteiger partial charge >= 0.3 is 0 Å². The second-order valence-electron chi connectivity index (χ2n) is 11.9. The maximum absolute atomic E-state index is 5.34. The van der Waals surface area contributed by atoms with Gasteiger partial charge in [-0.1, -0.05) is 60.7 Å². The first-order valence-electron chi connectivity index (χ1n) is 15.9. The van der Waals surface area contributed by atoms with Gasteiger partial charge < -0.3 is 0 Å². The molecule has 9 aromatic rings. The number of aromatic nitrogens is 4. The molecule has 6 heterocycles. The zero-order valence-corrected chi connectivity index (χ0v) is 26.4. The fourth-order valence-electron chi connectivity index (χ4n) is 7.04. The number of thiophene rings is 1. The standard InChI is InChI=1S/C42H25N5S/c1-2-16-39-28(10-1)32-24-31-30-12-9-11-29-27(34-14-4-7-20-44-34)17-18-37(42(29)30)47(38(31)25-40(32)48-39)41-23-26(33-13-3-6-19-43-33)22-36(46-41)35-15-5-8-21-45-35/h1-25H. The van der Waals surface area contributed by atoms with E-state index in [1.54, 1.807) is 0 Å². The van der Waals surface area contributed by atoms with Crippen molar-refractivity contribution < 1.29 is 0 Å². The third-order valence-corrected chi connectivity index (χ3v) is 10.3. The highest BCUT2D eigenvalue weighted by Crippen LogP contribution is 2.54. The van der Waals surface area contributed by atoms with Crippen molar-refractivity contribution in [2.45, 2.75) is 0 Å². The minimum Gasteiger partial charge on any atom is -0.294 e. The maximum Gasteiger partial charge on any atom is 0.139 e. The van der Waals surface area contributed by atoms with Crippen LogP contribution in [0.4, 0.5) is 17.2 Å². The van der Waals surface area contributed by atoms with Crippen LogP contribution in [0.5, 0.6) is 0 Å². The first-order valence-corrected chi connectivity index (χ1v) is 16.7. The Balaban J connectivity index is 1.32. The normalized spacial score (nSPS) is 12.1. The van der Waals surface area contributed by atoms with E-state index in [4.69, 9.17) is 19.9 Å². The van der Waals surface area contributed by atoms with Gasteiger partial charge in [0.1, 0.15) is 5.82 Å². The van der Waals surface area contributed by atoms with Crippen LogP contribution in [-0.2, 0) is 0 Å². The Bertz CT molecular complexity index is 2610. The van der Waals surface area contributed by atoms with E-state index >= 15 is 0 Å². The van der Waals surface area contributed by atoms with Gasteiger partial charge in [-0.25, -0.2) is 4.98 Å². The van der Waals surface area contributed by atoms with Crippen LogP contribution in [0.3, 0.4) is 0 Å². The van der Waals surface area contributed by atoms with Crippen molar-refractivity contribution in [2.24, 2.45) is 0 Å². The van der Waals surface area contributed by atoms with Crippen molar-refractivity contribution in [3.8, 4) is 45.0 Å². The summed E-state index contributed by atoms with van der Waals surface area (Å²) < 4.78 is 2.52. The van der Waals surface area contributed by atoms with E-state index in [0.29, 0.717) is 0 Å². The van der Waals surface area contributed by atoms with Gasteiger partial charge in [0.05, 0.1) is 34.2 Å². The largest absolute Gasteiger partial charge is 0.294 e. The molecule has 0 atom stereocenters. The number of benzene rings is 4. The Morgan fingerprint density at radius 1 is 0.438 bits per heavy atom. The second-order valence-corrected chi connectivity index (χ2v) is 13.0. The van der Waals surface area contributed by atoms with Crippen LogP contribution in [-0.4, -0.2) is 19.9 Å². The van der Waals surface area contributed by atoms with Gasteiger partial charge in [0.25, 0.3) is 0 Å². The smallest absolute Gasteiger partial charge is 0.139 e. The number of anilines is 3. The van der Waals surface area contributed by atoms with Crippen LogP contribution in [0.2, 0.25) is 0 Å². The molecule has 5 nitrogen and oxygen atoms in total. The molecule has 1 aliphatic rings. The van der Waals surface area contributed by atoms with Crippen LogP contribution >= 0.6 is 11.3 Å². The summed E-state index contributed by atoms with van der Waals surface area (Å²) in [7, 11) is 0. The van der Waals surface area contributed by atoms with Crippen LogP contribution in [0, 0.1) is 0 Å². The minimum atomic E-state index is 0.790. The van der Waals surface area contributed by atoms with Gasteiger partial charge in [-0.3, -0.25) is 19.9 Å². The third-order valence-electron chi connectivity index (χ3n) is 9.16. The fourth-order valence-corrected chi connectivity index (χ4v) is 8.16. The van der Waals surface area contributed by atoms with E-state index in [2.05, 4.69) is 89.8 Å². The van der Waals surface area contributed by atoms with E-state index in [9.17, 15) is 0 Å². The lowest BCUT2D eigenvalue weighted by Crippen LogP contribution is -2.17. The molecule has 6 heteroatoms. The number of hydrogen-bond acceptors (Lipinski definition) is 6. The molecular weight excluding hydrogens is 607 g/mol. The summed E-state index contributed by atoms with van der Waals surface area (Å²) in [6.45, 7) is 0. The SMILES string of the molecule is c1ccc(-c2cc(-c3ccccn3)nc(N3c4cc5sc6ccccc6c5cc4-c4cccc5c(-c6ccccn6)ccc3c45)c2)nc1. The highest BCUT2D eigenvalue weighted by atomic mass is 32.1. The summed E-state index contributed by atoms with van der Waals surface area (Å²) in [6.07, 6.45) is 5.51. The van der Waals surface area contributed by atoms with Crippen molar-refractivity contribution in [1.29, 1.82) is 0 Å². The molecule has 0 saturated carbocycles. The number of rotatable bonds is 4. The zero-order chi connectivity index (χ0) is 31.6. The molecule has 0 N–H and O–H groups in total. The topological polar surface area (TPSA) is 54.8 Å².